The predicted octanol–water partition coefficient (Wildman–Crippen LogP) is 17.4. The van der Waals surface area contributed by atoms with Gasteiger partial charge in [-0.2, -0.15) is 0 Å². The minimum atomic E-state index is -0.0471. The van der Waals surface area contributed by atoms with Crippen molar-refractivity contribution >= 4 is 107 Å². The Balaban J connectivity index is 0.938. The molecule has 1 aliphatic carbocycles. The number of fused-ring (bicyclic) bond motifs is 19. The van der Waals surface area contributed by atoms with Crippen LogP contribution < -0.4 is 0 Å². The molecule has 0 fully saturated rings. The van der Waals surface area contributed by atoms with Crippen molar-refractivity contribution < 1.29 is 4.42 Å². The highest BCUT2D eigenvalue weighted by Gasteiger charge is 2.36. The second-order valence-electron chi connectivity index (χ2n) is 17.6. The third-order valence-electron chi connectivity index (χ3n) is 14.0. The van der Waals surface area contributed by atoms with E-state index in [4.69, 9.17) is 4.42 Å². The molecule has 2 aromatic heterocycles. The molecule has 2 heterocycles. The van der Waals surface area contributed by atoms with E-state index in [0.717, 1.165) is 16.6 Å². The first-order valence-electron chi connectivity index (χ1n) is 21.2. The summed E-state index contributed by atoms with van der Waals surface area (Å²) < 4.78 is 9.21. The van der Waals surface area contributed by atoms with Gasteiger partial charge in [-0.1, -0.05) is 135 Å². The Bertz CT molecular complexity index is 4080. The van der Waals surface area contributed by atoms with Gasteiger partial charge in [0.25, 0.3) is 0 Å². The van der Waals surface area contributed by atoms with Crippen LogP contribution in [0.4, 0.5) is 0 Å². The van der Waals surface area contributed by atoms with Gasteiger partial charge in [0.2, 0.25) is 0 Å². The summed E-state index contributed by atoms with van der Waals surface area (Å²) in [7, 11) is 0. The van der Waals surface area contributed by atoms with Gasteiger partial charge in [0.15, 0.2) is 0 Å². The highest BCUT2D eigenvalue weighted by molar-refractivity contribution is 7.25. The Morgan fingerprint density at radius 2 is 0.918 bits per heavy atom. The quantitative estimate of drug-likeness (QED) is 0.159. The van der Waals surface area contributed by atoms with Gasteiger partial charge in [0.05, 0.1) is 0 Å². The van der Waals surface area contributed by atoms with Crippen LogP contribution in [0.25, 0.3) is 129 Å². The van der Waals surface area contributed by atoms with E-state index in [1.807, 2.05) is 11.3 Å². The second kappa shape index (κ2) is 11.9. The van der Waals surface area contributed by atoms with Crippen molar-refractivity contribution in [1.82, 2.24) is 0 Å². The average molecular weight is 793 g/mol. The maximum atomic E-state index is 6.59. The van der Waals surface area contributed by atoms with E-state index < -0.39 is 0 Å². The van der Waals surface area contributed by atoms with Crippen molar-refractivity contribution in [3.05, 3.63) is 193 Å². The van der Waals surface area contributed by atoms with Gasteiger partial charge in [0, 0.05) is 41.7 Å². The summed E-state index contributed by atoms with van der Waals surface area (Å²) in [5.41, 5.74) is 12.3. The first kappa shape index (κ1) is 33.6. The smallest absolute Gasteiger partial charge is 0.136 e. The van der Waals surface area contributed by atoms with E-state index in [0.29, 0.717) is 0 Å². The van der Waals surface area contributed by atoms with Crippen LogP contribution in [0, 0.1) is 0 Å². The van der Waals surface area contributed by atoms with Crippen LogP contribution in [-0.2, 0) is 5.41 Å². The molecule has 1 aliphatic rings. The normalized spacial score (nSPS) is 13.5. The number of furan rings is 1. The summed E-state index contributed by atoms with van der Waals surface area (Å²) in [6.45, 7) is 4.74. The SMILES string of the molecule is CC1(C)c2ccc(-c3ccc4sc5ccc(-c6ccc7c(c6)c6ccccc6c6ccc8oc9cc%10ccccc%10cc9c8c67)cc5c4c3)cc2-c2c1ccc1ccccc21. The van der Waals surface area contributed by atoms with Crippen molar-refractivity contribution in [1.29, 1.82) is 0 Å². The van der Waals surface area contributed by atoms with Crippen molar-refractivity contribution in [3.8, 4) is 33.4 Å². The zero-order valence-electron chi connectivity index (χ0n) is 33.6. The van der Waals surface area contributed by atoms with E-state index >= 15 is 0 Å². The molecule has 61 heavy (non-hydrogen) atoms. The summed E-state index contributed by atoms with van der Waals surface area (Å²) in [6.07, 6.45) is 0. The lowest BCUT2D eigenvalue weighted by Gasteiger charge is -2.21. The molecule has 0 saturated carbocycles. The van der Waals surface area contributed by atoms with Crippen LogP contribution in [-0.4, -0.2) is 0 Å². The number of thiophene rings is 1. The molecule has 0 aliphatic heterocycles. The Hall–Kier alpha value is -7.26. The topological polar surface area (TPSA) is 13.1 Å². The van der Waals surface area contributed by atoms with Gasteiger partial charge in [0.1, 0.15) is 11.2 Å². The molecule has 13 aromatic rings. The number of hydrogen-bond acceptors (Lipinski definition) is 2. The predicted molar refractivity (Wildman–Crippen MR) is 263 cm³/mol. The Morgan fingerprint density at radius 3 is 1.67 bits per heavy atom. The van der Waals surface area contributed by atoms with Gasteiger partial charge < -0.3 is 4.42 Å². The zero-order valence-corrected chi connectivity index (χ0v) is 34.5. The number of benzene rings is 11. The Labute approximate surface area is 355 Å². The van der Waals surface area contributed by atoms with Gasteiger partial charge in [-0.25, -0.2) is 0 Å². The second-order valence-corrected chi connectivity index (χ2v) is 18.7. The third kappa shape index (κ3) is 4.60. The lowest BCUT2D eigenvalue weighted by atomic mass is 9.82. The first-order chi connectivity index (χ1) is 30.0. The van der Waals surface area contributed by atoms with Crippen molar-refractivity contribution in [3.63, 3.8) is 0 Å². The highest BCUT2D eigenvalue weighted by Crippen LogP contribution is 2.52. The fraction of sp³-hybridized carbons (Fsp3) is 0.0508. The molecule has 0 amide bonds. The highest BCUT2D eigenvalue weighted by atomic mass is 32.1. The average Bonchev–Trinajstić information content (AvgIpc) is 3.94. The molecular weight excluding hydrogens is 757 g/mol. The zero-order chi connectivity index (χ0) is 40.1. The van der Waals surface area contributed by atoms with Crippen LogP contribution in [0.3, 0.4) is 0 Å². The molecule has 0 unspecified atom stereocenters. The van der Waals surface area contributed by atoms with Gasteiger partial charge in [-0.15, -0.1) is 11.3 Å². The molecule has 2 heteroatoms. The lowest BCUT2D eigenvalue weighted by Crippen LogP contribution is -2.14. The molecule has 14 rings (SSSR count). The molecule has 0 atom stereocenters. The Morgan fingerprint density at radius 1 is 0.361 bits per heavy atom. The van der Waals surface area contributed by atoms with E-state index in [2.05, 4.69) is 196 Å². The van der Waals surface area contributed by atoms with E-state index in [-0.39, 0.29) is 5.41 Å². The van der Waals surface area contributed by atoms with Crippen LogP contribution in [0.1, 0.15) is 25.0 Å². The van der Waals surface area contributed by atoms with Crippen LogP contribution >= 0.6 is 11.3 Å². The fourth-order valence-electron chi connectivity index (χ4n) is 11.0. The molecule has 0 spiro atoms. The van der Waals surface area contributed by atoms with Gasteiger partial charge in [-0.3, -0.25) is 0 Å². The minimum absolute atomic E-state index is 0.0471. The first-order valence-corrected chi connectivity index (χ1v) is 22.0. The van der Waals surface area contributed by atoms with Crippen LogP contribution in [0.2, 0.25) is 0 Å². The number of hydrogen-bond donors (Lipinski definition) is 0. The summed E-state index contributed by atoms with van der Waals surface area (Å²) in [6, 6.07) is 68.2. The van der Waals surface area contributed by atoms with Gasteiger partial charge in [-0.05, 0) is 154 Å². The summed E-state index contributed by atoms with van der Waals surface area (Å²) in [5.74, 6) is 0. The number of rotatable bonds is 2. The van der Waals surface area contributed by atoms with E-state index in [9.17, 15) is 0 Å². The maximum Gasteiger partial charge on any atom is 0.136 e. The third-order valence-corrected chi connectivity index (χ3v) is 15.2. The summed E-state index contributed by atoms with van der Waals surface area (Å²) in [4.78, 5) is 0. The molecule has 0 bridgehead atoms. The standard InChI is InChI=1S/C59H36OS/c1-59(2)50-22-17-37(30-48(50)56-40-12-6-5-9-33(40)16-23-51(56)59)39-19-26-55-47(29-39)46-28-38(18-25-54(46)61-55)36-15-20-44-45(27-36)42-14-8-7-13-41(42)43-21-24-52-58(57(43)44)49-31-34-10-3-4-11-35(34)32-53(49)60-52/h3-32H,1-2H3. The molecular formula is C59H36OS. The summed E-state index contributed by atoms with van der Waals surface area (Å²) >= 11 is 1.88. The Kier molecular flexibility index (Phi) is 6.57. The lowest BCUT2D eigenvalue weighted by molar-refractivity contribution is 0.661. The fourth-order valence-corrected chi connectivity index (χ4v) is 12.1. The molecule has 284 valence electrons. The molecule has 11 aromatic carbocycles. The molecule has 0 N–H and O–H groups in total. The van der Waals surface area contributed by atoms with Crippen molar-refractivity contribution in [2.75, 3.05) is 0 Å². The van der Waals surface area contributed by atoms with E-state index in [1.165, 1.54) is 124 Å². The van der Waals surface area contributed by atoms with E-state index in [1.54, 1.807) is 0 Å². The van der Waals surface area contributed by atoms with Crippen molar-refractivity contribution in [2.45, 2.75) is 19.3 Å². The largest absolute Gasteiger partial charge is 0.456 e. The minimum Gasteiger partial charge on any atom is -0.456 e. The van der Waals surface area contributed by atoms with Crippen molar-refractivity contribution in [2.24, 2.45) is 0 Å². The monoisotopic (exact) mass is 792 g/mol. The molecule has 0 saturated heterocycles. The molecule has 0 radical (unpaired) electrons. The van der Waals surface area contributed by atoms with Gasteiger partial charge >= 0.3 is 0 Å². The summed E-state index contributed by atoms with van der Waals surface area (Å²) in [5, 5.41) is 17.6. The van der Waals surface area contributed by atoms with Crippen LogP contribution in [0.5, 0.6) is 0 Å². The van der Waals surface area contributed by atoms with Crippen LogP contribution in [0.15, 0.2) is 186 Å². The maximum absolute atomic E-state index is 6.59. The molecule has 1 nitrogen and oxygen atoms in total.